The van der Waals surface area contributed by atoms with Gasteiger partial charge in [0.05, 0.1) is 11.4 Å². The predicted octanol–water partition coefficient (Wildman–Crippen LogP) is 6.91. The SMILES string of the molecule is CCCCC1CCC(CCc2ccc(-c3ccc(CC)c(F)c3F)nn2)CC1. The molecule has 0 N–H and O–H groups in total. The van der Waals surface area contributed by atoms with Crippen LogP contribution in [0.4, 0.5) is 8.78 Å². The summed E-state index contributed by atoms with van der Waals surface area (Å²) in [6, 6.07) is 6.88. The molecule has 0 spiro atoms. The van der Waals surface area contributed by atoms with E-state index in [2.05, 4.69) is 17.1 Å². The van der Waals surface area contributed by atoms with Gasteiger partial charge in [0, 0.05) is 5.56 Å². The van der Waals surface area contributed by atoms with Crippen molar-refractivity contribution < 1.29 is 8.78 Å². The molecule has 2 aromatic rings. The molecular formula is C24H32F2N2. The first kappa shape index (κ1) is 20.9. The molecule has 1 heterocycles. The van der Waals surface area contributed by atoms with E-state index in [1.165, 1.54) is 44.9 Å². The Balaban J connectivity index is 1.54. The second kappa shape index (κ2) is 10.1. The van der Waals surface area contributed by atoms with Crippen LogP contribution in [0.2, 0.25) is 0 Å². The monoisotopic (exact) mass is 386 g/mol. The van der Waals surface area contributed by atoms with Crippen molar-refractivity contribution in [3.8, 4) is 11.3 Å². The van der Waals surface area contributed by atoms with E-state index in [1.807, 2.05) is 13.0 Å². The first-order valence-corrected chi connectivity index (χ1v) is 10.9. The third-order valence-electron chi connectivity index (χ3n) is 6.28. The first-order valence-electron chi connectivity index (χ1n) is 10.9. The normalized spacial score (nSPS) is 19.7. The smallest absolute Gasteiger partial charge is 0.168 e. The number of halogens is 2. The minimum atomic E-state index is -0.832. The van der Waals surface area contributed by atoms with E-state index >= 15 is 0 Å². The van der Waals surface area contributed by atoms with Crippen molar-refractivity contribution in [3.63, 3.8) is 0 Å². The molecule has 0 bridgehead atoms. The molecule has 1 fully saturated rings. The third-order valence-corrected chi connectivity index (χ3v) is 6.28. The van der Waals surface area contributed by atoms with Crippen LogP contribution in [0.5, 0.6) is 0 Å². The van der Waals surface area contributed by atoms with Gasteiger partial charge in [-0.15, -0.1) is 0 Å². The molecule has 0 atom stereocenters. The Morgan fingerprint density at radius 2 is 1.57 bits per heavy atom. The zero-order valence-corrected chi connectivity index (χ0v) is 17.2. The van der Waals surface area contributed by atoms with Crippen molar-refractivity contribution >= 4 is 0 Å². The van der Waals surface area contributed by atoms with Gasteiger partial charge in [-0.25, -0.2) is 8.78 Å². The maximum Gasteiger partial charge on any atom is 0.168 e. The summed E-state index contributed by atoms with van der Waals surface area (Å²) in [6.45, 7) is 4.08. The van der Waals surface area contributed by atoms with E-state index in [-0.39, 0.29) is 5.56 Å². The van der Waals surface area contributed by atoms with Crippen LogP contribution in [0.3, 0.4) is 0 Å². The lowest BCUT2D eigenvalue weighted by atomic mass is 9.78. The standard InChI is InChI=1S/C24H32F2N2/c1-3-5-6-17-7-9-18(10-8-17)11-13-20-14-16-22(28-27-20)21-15-12-19(4-2)23(25)24(21)26/h12,14-18H,3-11,13H2,1-2H3. The molecule has 1 aliphatic rings. The molecule has 28 heavy (non-hydrogen) atoms. The van der Waals surface area contributed by atoms with Gasteiger partial charge in [-0.3, -0.25) is 0 Å². The summed E-state index contributed by atoms with van der Waals surface area (Å²) in [5.74, 6) is 0.110. The van der Waals surface area contributed by atoms with Crippen LogP contribution in [0.25, 0.3) is 11.3 Å². The summed E-state index contributed by atoms with van der Waals surface area (Å²) in [7, 11) is 0. The zero-order chi connectivity index (χ0) is 19.9. The van der Waals surface area contributed by atoms with Gasteiger partial charge in [0.2, 0.25) is 0 Å². The molecule has 4 heteroatoms. The van der Waals surface area contributed by atoms with Gasteiger partial charge in [-0.1, -0.05) is 64.9 Å². The summed E-state index contributed by atoms with van der Waals surface area (Å²) in [5, 5.41) is 8.43. The summed E-state index contributed by atoms with van der Waals surface area (Å²) in [6.07, 6.45) is 12.0. The van der Waals surface area contributed by atoms with Gasteiger partial charge in [-0.2, -0.15) is 10.2 Å². The van der Waals surface area contributed by atoms with Crippen molar-refractivity contribution in [1.29, 1.82) is 0 Å². The van der Waals surface area contributed by atoms with Crippen molar-refractivity contribution in [2.75, 3.05) is 0 Å². The molecule has 1 aromatic heterocycles. The van der Waals surface area contributed by atoms with Crippen molar-refractivity contribution in [2.24, 2.45) is 11.8 Å². The van der Waals surface area contributed by atoms with Crippen molar-refractivity contribution in [3.05, 3.63) is 47.2 Å². The fourth-order valence-corrected chi connectivity index (χ4v) is 4.35. The summed E-state index contributed by atoms with van der Waals surface area (Å²) in [5.41, 5.74) is 1.89. The minimum absolute atomic E-state index is 0.180. The quantitative estimate of drug-likeness (QED) is 0.492. The summed E-state index contributed by atoms with van der Waals surface area (Å²) < 4.78 is 28.3. The van der Waals surface area contributed by atoms with Crippen LogP contribution in [-0.4, -0.2) is 10.2 Å². The molecule has 3 rings (SSSR count). The lowest BCUT2D eigenvalue weighted by Gasteiger charge is -2.28. The molecule has 1 aromatic carbocycles. The van der Waals surface area contributed by atoms with Gasteiger partial charge >= 0.3 is 0 Å². The average molecular weight is 387 g/mol. The number of benzene rings is 1. The lowest BCUT2D eigenvalue weighted by Crippen LogP contribution is -2.15. The number of hydrogen-bond donors (Lipinski definition) is 0. The Bertz CT molecular complexity index is 750. The Hall–Kier alpha value is -1.84. The fraction of sp³-hybridized carbons (Fsp3) is 0.583. The highest BCUT2D eigenvalue weighted by molar-refractivity contribution is 5.60. The largest absolute Gasteiger partial charge is 0.203 e. The highest BCUT2D eigenvalue weighted by atomic mass is 19.2. The van der Waals surface area contributed by atoms with Crippen LogP contribution >= 0.6 is 0 Å². The van der Waals surface area contributed by atoms with E-state index in [1.54, 1.807) is 18.2 Å². The van der Waals surface area contributed by atoms with Crippen LogP contribution < -0.4 is 0 Å². The Morgan fingerprint density at radius 1 is 0.857 bits per heavy atom. The number of rotatable bonds is 8. The molecule has 1 aliphatic carbocycles. The third kappa shape index (κ3) is 5.15. The molecule has 152 valence electrons. The predicted molar refractivity (Wildman–Crippen MR) is 110 cm³/mol. The maximum absolute atomic E-state index is 14.3. The topological polar surface area (TPSA) is 25.8 Å². The number of unbranched alkanes of at least 4 members (excludes halogenated alkanes) is 1. The lowest BCUT2D eigenvalue weighted by molar-refractivity contribution is 0.249. The van der Waals surface area contributed by atoms with E-state index in [0.717, 1.165) is 30.4 Å². The zero-order valence-electron chi connectivity index (χ0n) is 17.2. The maximum atomic E-state index is 14.3. The van der Waals surface area contributed by atoms with Gasteiger partial charge in [-0.05, 0) is 54.9 Å². The minimum Gasteiger partial charge on any atom is -0.203 e. The highest BCUT2D eigenvalue weighted by Crippen LogP contribution is 2.34. The summed E-state index contributed by atoms with van der Waals surface area (Å²) in [4.78, 5) is 0. The van der Waals surface area contributed by atoms with E-state index in [0.29, 0.717) is 17.7 Å². The second-order valence-electron chi connectivity index (χ2n) is 8.23. The number of hydrogen-bond acceptors (Lipinski definition) is 2. The van der Waals surface area contributed by atoms with Gasteiger partial charge in [0.15, 0.2) is 11.6 Å². The van der Waals surface area contributed by atoms with Crippen LogP contribution in [0, 0.1) is 23.5 Å². The van der Waals surface area contributed by atoms with Crippen molar-refractivity contribution in [1.82, 2.24) is 10.2 Å². The van der Waals surface area contributed by atoms with Gasteiger partial charge < -0.3 is 0 Å². The molecule has 0 radical (unpaired) electrons. The van der Waals surface area contributed by atoms with Gasteiger partial charge in [0.1, 0.15) is 0 Å². The number of nitrogens with zero attached hydrogens (tertiary/aromatic N) is 2. The van der Waals surface area contributed by atoms with E-state index in [9.17, 15) is 8.78 Å². The molecule has 2 nitrogen and oxygen atoms in total. The molecular weight excluding hydrogens is 354 g/mol. The van der Waals surface area contributed by atoms with Crippen molar-refractivity contribution in [2.45, 2.75) is 78.1 Å². The molecule has 1 saturated carbocycles. The Morgan fingerprint density at radius 3 is 2.18 bits per heavy atom. The van der Waals surface area contributed by atoms with Crippen LogP contribution in [0.15, 0.2) is 24.3 Å². The molecule has 0 amide bonds. The summed E-state index contributed by atoms with van der Waals surface area (Å²) >= 11 is 0. The highest BCUT2D eigenvalue weighted by Gasteiger charge is 2.21. The molecule has 0 unspecified atom stereocenters. The van der Waals surface area contributed by atoms with Crippen LogP contribution in [-0.2, 0) is 12.8 Å². The van der Waals surface area contributed by atoms with Crippen LogP contribution in [0.1, 0.15) is 76.5 Å². The molecule has 0 saturated heterocycles. The number of aryl methyl sites for hydroxylation is 2. The fourth-order valence-electron chi connectivity index (χ4n) is 4.35. The second-order valence-corrected chi connectivity index (χ2v) is 8.23. The van der Waals surface area contributed by atoms with Gasteiger partial charge in [0.25, 0.3) is 0 Å². The molecule has 0 aliphatic heterocycles. The van der Waals surface area contributed by atoms with E-state index in [4.69, 9.17) is 0 Å². The Labute approximate surface area is 167 Å². The first-order chi connectivity index (χ1) is 13.6. The average Bonchev–Trinajstić information content (AvgIpc) is 2.74. The number of aromatic nitrogens is 2. The van der Waals surface area contributed by atoms with E-state index < -0.39 is 11.6 Å². The Kier molecular flexibility index (Phi) is 7.52.